The molecule has 0 aromatic heterocycles. The Kier molecular flexibility index (Phi) is 5.82. The Bertz CT molecular complexity index is 649. The highest BCUT2D eigenvalue weighted by Gasteiger charge is 2.19. The molecule has 0 aliphatic rings. The van der Waals surface area contributed by atoms with Gasteiger partial charge < -0.3 is 20.1 Å². The maximum atomic E-state index is 12.1. The number of carbonyl (C=O) groups excluding carboxylic acids is 1. The number of likely N-dealkylation sites (N-methyl/N-ethyl adjacent to an activating group) is 1. The van der Waals surface area contributed by atoms with Crippen molar-refractivity contribution in [2.75, 3.05) is 18.9 Å². The fraction of sp³-hybridized carbons (Fsp3) is 0.316. The zero-order valence-electron chi connectivity index (χ0n) is 14.3. The van der Waals surface area contributed by atoms with Gasteiger partial charge in [0.25, 0.3) is 0 Å². The van der Waals surface area contributed by atoms with Gasteiger partial charge in [-0.05, 0) is 43.7 Å². The lowest BCUT2D eigenvalue weighted by atomic mass is 10.1. The summed E-state index contributed by atoms with van der Waals surface area (Å²) in [5, 5.41) is 12.5. The molecule has 0 aliphatic carbocycles. The quantitative estimate of drug-likeness (QED) is 0.853. The fourth-order valence-electron chi connectivity index (χ4n) is 2.25. The van der Waals surface area contributed by atoms with Crippen LogP contribution in [0.2, 0.25) is 0 Å². The van der Waals surface area contributed by atoms with E-state index in [9.17, 15) is 9.90 Å². The van der Waals surface area contributed by atoms with E-state index in [1.807, 2.05) is 42.5 Å². The second kappa shape index (κ2) is 7.84. The van der Waals surface area contributed by atoms with Crippen molar-refractivity contribution in [2.45, 2.75) is 26.1 Å². The first kappa shape index (κ1) is 17.8. The maximum absolute atomic E-state index is 12.1. The molecule has 2 aromatic carbocycles. The molecule has 0 heterocycles. The van der Waals surface area contributed by atoms with Gasteiger partial charge in [0.15, 0.2) is 0 Å². The topological polar surface area (TPSA) is 61.8 Å². The molecule has 0 radical (unpaired) electrons. The molecule has 2 N–H and O–H groups in total. The van der Waals surface area contributed by atoms with Gasteiger partial charge in [0.2, 0.25) is 0 Å². The molecule has 5 nitrogen and oxygen atoms in total. The molecular formula is C19H24N2O3. The number of nitrogens with one attached hydrogen (secondary N) is 1. The minimum atomic E-state index is -0.929. The van der Waals surface area contributed by atoms with Gasteiger partial charge in [-0.1, -0.05) is 30.3 Å². The standard InChI is InChI=1S/C19H24N2O3/c1-19(2,23)14-21(3)18(22)20-16-9-11-17(12-10-16)24-13-15-7-5-4-6-8-15/h4-12,23H,13-14H2,1-3H3,(H,20,22). The molecule has 5 heteroatoms. The first-order valence-electron chi connectivity index (χ1n) is 7.85. The molecule has 0 saturated heterocycles. The number of urea groups is 1. The van der Waals surface area contributed by atoms with E-state index in [2.05, 4.69) is 5.32 Å². The van der Waals surface area contributed by atoms with E-state index in [4.69, 9.17) is 4.74 Å². The summed E-state index contributed by atoms with van der Waals surface area (Å²) in [5.41, 5.74) is 0.846. The Morgan fingerprint density at radius 2 is 1.75 bits per heavy atom. The molecule has 0 fully saturated rings. The number of aliphatic hydroxyl groups is 1. The Morgan fingerprint density at radius 3 is 2.33 bits per heavy atom. The summed E-state index contributed by atoms with van der Waals surface area (Å²) in [6.45, 7) is 4.07. The van der Waals surface area contributed by atoms with Gasteiger partial charge in [-0.3, -0.25) is 0 Å². The predicted molar refractivity (Wildman–Crippen MR) is 95.2 cm³/mol. The highest BCUT2D eigenvalue weighted by molar-refractivity contribution is 5.89. The van der Waals surface area contributed by atoms with Crippen LogP contribution in [0.5, 0.6) is 5.75 Å². The smallest absolute Gasteiger partial charge is 0.321 e. The van der Waals surface area contributed by atoms with Crippen LogP contribution in [0.1, 0.15) is 19.4 Å². The molecule has 2 rings (SSSR count). The minimum Gasteiger partial charge on any atom is -0.489 e. The molecule has 24 heavy (non-hydrogen) atoms. The number of rotatable bonds is 6. The molecule has 0 aliphatic heterocycles. The SMILES string of the molecule is CN(CC(C)(C)O)C(=O)Nc1ccc(OCc2ccccc2)cc1. The summed E-state index contributed by atoms with van der Waals surface area (Å²) < 4.78 is 5.71. The molecule has 128 valence electrons. The van der Waals surface area contributed by atoms with Gasteiger partial charge in [-0.2, -0.15) is 0 Å². The normalized spacial score (nSPS) is 11.0. The predicted octanol–water partition coefficient (Wildman–Crippen LogP) is 3.50. The van der Waals surface area contributed by atoms with Gasteiger partial charge in [0, 0.05) is 12.7 Å². The van der Waals surface area contributed by atoms with Crippen molar-refractivity contribution in [1.29, 1.82) is 0 Å². The molecule has 2 amide bonds. The summed E-state index contributed by atoms with van der Waals surface area (Å²) in [6, 6.07) is 16.9. The zero-order chi connectivity index (χ0) is 17.6. The number of hydrogen-bond acceptors (Lipinski definition) is 3. The van der Waals surface area contributed by atoms with E-state index in [1.54, 1.807) is 33.0 Å². The van der Waals surface area contributed by atoms with Crippen LogP contribution < -0.4 is 10.1 Å². The van der Waals surface area contributed by atoms with Crippen LogP contribution >= 0.6 is 0 Å². The Labute approximate surface area is 142 Å². The van der Waals surface area contributed by atoms with E-state index in [0.717, 1.165) is 11.3 Å². The van der Waals surface area contributed by atoms with Crippen molar-refractivity contribution in [3.8, 4) is 5.75 Å². The number of ether oxygens (including phenoxy) is 1. The Morgan fingerprint density at radius 1 is 1.12 bits per heavy atom. The third kappa shape index (κ3) is 5.93. The van der Waals surface area contributed by atoms with Gasteiger partial charge >= 0.3 is 6.03 Å². The number of benzene rings is 2. The van der Waals surface area contributed by atoms with Crippen molar-refractivity contribution in [3.05, 3.63) is 60.2 Å². The van der Waals surface area contributed by atoms with Crippen LogP contribution in [-0.2, 0) is 6.61 Å². The summed E-state index contributed by atoms with van der Waals surface area (Å²) in [6.07, 6.45) is 0. The number of hydrogen-bond donors (Lipinski definition) is 2. The Hall–Kier alpha value is -2.53. The number of anilines is 1. The second-order valence-electron chi connectivity index (χ2n) is 6.40. The van der Waals surface area contributed by atoms with Gasteiger partial charge in [0.05, 0.1) is 12.1 Å². The van der Waals surface area contributed by atoms with Crippen molar-refractivity contribution >= 4 is 11.7 Å². The molecule has 2 aromatic rings. The van der Waals surface area contributed by atoms with Crippen LogP contribution in [-0.4, -0.2) is 35.2 Å². The lowest BCUT2D eigenvalue weighted by Gasteiger charge is -2.25. The van der Waals surface area contributed by atoms with Crippen LogP contribution in [0.15, 0.2) is 54.6 Å². The first-order valence-corrected chi connectivity index (χ1v) is 7.85. The van der Waals surface area contributed by atoms with Gasteiger partial charge in [-0.25, -0.2) is 4.79 Å². The highest BCUT2D eigenvalue weighted by Crippen LogP contribution is 2.17. The van der Waals surface area contributed by atoms with E-state index in [0.29, 0.717) is 12.3 Å². The molecular weight excluding hydrogens is 304 g/mol. The summed E-state index contributed by atoms with van der Waals surface area (Å²) >= 11 is 0. The van der Waals surface area contributed by atoms with Crippen molar-refractivity contribution < 1.29 is 14.6 Å². The highest BCUT2D eigenvalue weighted by atomic mass is 16.5. The number of nitrogens with zero attached hydrogens (tertiary/aromatic N) is 1. The van der Waals surface area contributed by atoms with Crippen molar-refractivity contribution in [2.24, 2.45) is 0 Å². The van der Waals surface area contributed by atoms with Crippen molar-refractivity contribution in [3.63, 3.8) is 0 Å². The zero-order valence-corrected chi connectivity index (χ0v) is 14.3. The molecule has 0 spiro atoms. The molecule has 0 atom stereocenters. The fourth-order valence-corrected chi connectivity index (χ4v) is 2.25. The molecule has 0 unspecified atom stereocenters. The van der Waals surface area contributed by atoms with E-state index >= 15 is 0 Å². The third-order valence-electron chi connectivity index (χ3n) is 3.32. The van der Waals surface area contributed by atoms with Gasteiger partial charge in [0.1, 0.15) is 12.4 Å². The molecule has 0 bridgehead atoms. The summed E-state index contributed by atoms with van der Waals surface area (Å²) in [5.74, 6) is 0.738. The van der Waals surface area contributed by atoms with E-state index in [1.165, 1.54) is 4.90 Å². The second-order valence-corrected chi connectivity index (χ2v) is 6.40. The average Bonchev–Trinajstić information content (AvgIpc) is 2.53. The first-order chi connectivity index (χ1) is 11.3. The van der Waals surface area contributed by atoms with Gasteiger partial charge in [-0.15, -0.1) is 0 Å². The largest absolute Gasteiger partial charge is 0.489 e. The van der Waals surface area contributed by atoms with Crippen LogP contribution in [0.4, 0.5) is 10.5 Å². The van der Waals surface area contributed by atoms with Crippen LogP contribution in [0, 0.1) is 0 Å². The monoisotopic (exact) mass is 328 g/mol. The number of carbonyl (C=O) groups is 1. The summed E-state index contributed by atoms with van der Waals surface area (Å²) in [4.78, 5) is 13.5. The molecule has 0 saturated carbocycles. The Balaban J connectivity index is 1.86. The maximum Gasteiger partial charge on any atom is 0.321 e. The van der Waals surface area contributed by atoms with Crippen LogP contribution in [0.25, 0.3) is 0 Å². The minimum absolute atomic E-state index is 0.247. The van der Waals surface area contributed by atoms with E-state index < -0.39 is 5.60 Å². The van der Waals surface area contributed by atoms with Crippen LogP contribution in [0.3, 0.4) is 0 Å². The van der Waals surface area contributed by atoms with E-state index in [-0.39, 0.29) is 12.6 Å². The lowest BCUT2D eigenvalue weighted by Crippen LogP contribution is -2.41. The average molecular weight is 328 g/mol. The number of amides is 2. The van der Waals surface area contributed by atoms with Crippen molar-refractivity contribution in [1.82, 2.24) is 4.90 Å². The third-order valence-corrected chi connectivity index (χ3v) is 3.32. The lowest BCUT2D eigenvalue weighted by molar-refractivity contribution is 0.0550. The summed E-state index contributed by atoms with van der Waals surface area (Å²) in [7, 11) is 1.64.